The molecule has 1 unspecified atom stereocenters. The van der Waals surface area contributed by atoms with Gasteiger partial charge in [0.2, 0.25) is 0 Å². The van der Waals surface area contributed by atoms with Gasteiger partial charge in [0.1, 0.15) is 0 Å². The molecule has 1 saturated heterocycles. The average molecular weight is 268 g/mol. The summed E-state index contributed by atoms with van der Waals surface area (Å²) >= 11 is 0. The van der Waals surface area contributed by atoms with Gasteiger partial charge >= 0.3 is 0 Å². The molecular formula is C16H32N2O. The first-order valence-corrected chi connectivity index (χ1v) is 8.05. The molecule has 19 heavy (non-hydrogen) atoms. The monoisotopic (exact) mass is 268 g/mol. The van der Waals surface area contributed by atoms with Crippen LogP contribution in [0, 0.1) is 17.3 Å². The molecule has 112 valence electrons. The highest BCUT2D eigenvalue weighted by molar-refractivity contribution is 4.85. The largest absolute Gasteiger partial charge is 0.380 e. The van der Waals surface area contributed by atoms with Gasteiger partial charge in [-0.25, -0.2) is 0 Å². The fourth-order valence-electron chi connectivity index (χ4n) is 3.18. The van der Waals surface area contributed by atoms with Crippen LogP contribution in [0.5, 0.6) is 0 Å². The van der Waals surface area contributed by atoms with Crippen molar-refractivity contribution in [2.45, 2.75) is 39.5 Å². The highest BCUT2D eigenvalue weighted by Crippen LogP contribution is 2.32. The molecule has 1 aliphatic heterocycles. The molecule has 0 aromatic carbocycles. The van der Waals surface area contributed by atoms with Crippen molar-refractivity contribution in [2.75, 3.05) is 46.4 Å². The lowest BCUT2D eigenvalue weighted by molar-refractivity contribution is 0.0726. The molecular weight excluding hydrogens is 236 g/mol. The summed E-state index contributed by atoms with van der Waals surface area (Å²) < 4.78 is 5.73. The number of nitrogens with zero attached hydrogens (tertiary/aromatic N) is 1. The van der Waals surface area contributed by atoms with Crippen molar-refractivity contribution in [3.8, 4) is 0 Å². The standard InChI is InChI=1S/C16H32N2O/c1-16(2,15-5-4-8-17-11-15)13-18(3)9-10-19-12-14-6-7-14/h14-15,17H,4-13H2,1-3H3. The van der Waals surface area contributed by atoms with Crippen molar-refractivity contribution >= 4 is 0 Å². The van der Waals surface area contributed by atoms with Gasteiger partial charge in [0.15, 0.2) is 0 Å². The van der Waals surface area contributed by atoms with Crippen LogP contribution in [0.2, 0.25) is 0 Å². The summed E-state index contributed by atoms with van der Waals surface area (Å²) in [6.07, 6.45) is 5.49. The highest BCUT2D eigenvalue weighted by Gasteiger charge is 2.31. The Morgan fingerprint density at radius 2 is 2.05 bits per heavy atom. The molecule has 0 aromatic heterocycles. The SMILES string of the molecule is CN(CCOCC1CC1)CC(C)(C)C1CCCNC1. The van der Waals surface area contributed by atoms with E-state index in [2.05, 4.69) is 31.1 Å². The number of ether oxygens (including phenoxy) is 1. The Bertz CT molecular complexity index is 257. The topological polar surface area (TPSA) is 24.5 Å². The molecule has 2 fully saturated rings. The third-order valence-electron chi connectivity index (χ3n) is 4.75. The number of nitrogens with one attached hydrogen (secondary N) is 1. The van der Waals surface area contributed by atoms with Gasteiger partial charge in [-0.05, 0) is 63.1 Å². The van der Waals surface area contributed by atoms with Crippen molar-refractivity contribution in [3.63, 3.8) is 0 Å². The van der Waals surface area contributed by atoms with Gasteiger partial charge in [0.05, 0.1) is 6.61 Å². The number of hydrogen-bond donors (Lipinski definition) is 1. The number of rotatable bonds is 8. The maximum atomic E-state index is 5.73. The smallest absolute Gasteiger partial charge is 0.0593 e. The summed E-state index contributed by atoms with van der Waals surface area (Å²) in [5.74, 6) is 1.70. The van der Waals surface area contributed by atoms with E-state index in [1.807, 2.05) is 0 Å². The van der Waals surface area contributed by atoms with Crippen LogP contribution in [0.4, 0.5) is 0 Å². The van der Waals surface area contributed by atoms with E-state index in [9.17, 15) is 0 Å². The van der Waals surface area contributed by atoms with E-state index in [1.54, 1.807) is 0 Å². The van der Waals surface area contributed by atoms with Gasteiger partial charge in [-0.1, -0.05) is 13.8 Å². The first-order valence-electron chi connectivity index (χ1n) is 8.05. The lowest BCUT2D eigenvalue weighted by atomic mass is 9.74. The van der Waals surface area contributed by atoms with E-state index in [4.69, 9.17) is 4.74 Å². The van der Waals surface area contributed by atoms with Crippen molar-refractivity contribution in [3.05, 3.63) is 0 Å². The predicted octanol–water partition coefficient (Wildman–Crippen LogP) is 2.37. The maximum Gasteiger partial charge on any atom is 0.0593 e. The minimum Gasteiger partial charge on any atom is -0.380 e. The minimum absolute atomic E-state index is 0.401. The first-order chi connectivity index (χ1) is 9.08. The van der Waals surface area contributed by atoms with Crippen LogP contribution < -0.4 is 5.32 Å². The van der Waals surface area contributed by atoms with Crippen LogP contribution in [0.15, 0.2) is 0 Å². The van der Waals surface area contributed by atoms with Gasteiger partial charge in [0, 0.05) is 19.7 Å². The van der Waals surface area contributed by atoms with Gasteiger partial charge in [-0.3, -0.25) is 0 Å². The molecule has 1 atom stereocenters. The third-order valence-corrected chi connectivity index (χ3v) is 4.75. The van der Waals surface area contributed by atoms with Crippen LogP contribution in [-0.2, 0) is 4.74 Å². The quantitative estimate of drug-likeness (QED) is 0.684. The lowest BCUT2D eigenvalue weighted by Gasteiger charge is -2.40. The summed E-state index contributed by atoms with van der Waals surface area (Å²) in [5, 5.41) is 3.54. The van der Waals surface area contributed by atoms with Crippen LogP contribution in [-0.4, -0.2) is 51.3 Å². The molecule has 0 bridgehead atoms. The lowest BCUT2D eigenvalue weighted by Crippen LogP contribution is -2.44. The van der Waals surface area contributed by atoms with Crippen LogP contribution >= 0.6 is 0 Å². The number of hydrogen-bond acceptors (Lipinski definition) is 3. The predicted molar refractivity (Wildman–Crippen MR) is 80.4 cm³/mol. The summed E-state index contributed by atoms with van der Waals surface area (Å²) in [6, 6.07) is 0. The molecule has 0 spiro atoms. The Hall–Kier alpha value is -0.120. The fourth-order valence-corrected chi connectivity index (χ4v) is 3.18. The Morgan fingerprint density at radius 1 is 1.26 bits per heavy atom. The van der Waals surface area contributed by atoms with E-state index in [0.717, 1.165) is 31.6 Å². The van der Waals surface area contributed by atoms with Gasteiger partial charge in [0.25, 0.3) is 0 Å². The van der Waals surface area contributed by atoms with Gasteiger partial charge < -0.3 is 15.0 Å². The van der Waals surface area contributed by atoms with E-state index < -0.39 is 0 Å². The Labute approximate surface area is 119 Å². The normalized spacial score (nSPS) is 24.9. The second-order valence-electron chi connectivity index (χ2n) is 7.29. The van der Waals surface area contributed by atoms with E-state index in [-0.39, 0.29) is 0 Å². The minimum atomic E-state index is 0.401. The molecule has 0 aromatic rings. The maximum absolute atomic E-state index is 5.73. The average Bonchev–Trinajstić information content (AvgIpc) is 3.19. The zero-order chi connectivity index (χ0) is 13.7. The summed E-state index contributed by atoms with van der Waals surface area (Å²) in [7, 11) is 2.23. The zero-order valence-corrected chi connectivity index (χ0v) is 13.1. The van der Waals surface area contributed by atoms with Crippen molar-refractivity contribution in [1.82, 2.24) is 10.2 Å². The van der Waals surface area contributed by atoms with Crippen molar-refractivity contribution < 1.29 is 4.74 Å². The summed E-state index contributed by atoms with van der Waals surface area (Å²) in [5.41, 5.74) is 0.401. The molecule has 0 amide bonds. The molecule has 0 radical (unpaired) electrons. The fraction of sp³-hybridized carbons (Fsp3) is 1.00. The number of likely N-dealkylation sites (N-methyl/N-ethyl adjacent to an activating group) is 1. The van der Waals surface area contributed by atoms with E-state index in [0.29, 0.717) is 5.41 Å². The van der Waals surface area contributed by atoms with E-state index in [1.165, 1.54) is 45.3 Å². The van der Waals surface area contributed by atoms with Gasteiger partial charge in [-0.15, -0.1) is 0 Å². The molecule has 1 N–H and O–H groups in total. The van der Waals surface area contributed by atoms with Crippen LogP contribution in [0.25, 0.3) is 0 Å². The highest BCUT2D eigenvalue weighted by atomic mass is 16.5. The van der Waals surface area contributed by atoms with Crippen LogP contribution in [0.1, 0.15) is 39.5 Å². The van der Waals surface area contributed by atoms with Crippen LogP contribution in [0.3, 0.4) is 0 Å². The summed E-state index contributed by atoms with van der Waals surface area (Å²) in [6.45, 7) is 11.4. The Kier molecular flexibility index (Phi) is 5.67. The molecule has 1 saturated carbocycles. The zero-order valence-electron chi connectivity index (χ0n) is 13.1. The molecule has 1 aliphatic carbocycles. The second-order valence-corrected chi connectivity index (χ2v) is 7.29. The summed E-state index contributed by atoms with van der Waals surface area (Å²) in [4.78, 5) is 2.45. The first kappa shape index (κ1) is 15.3. The second kappa shape index (κ2) is 7.05. The number of piperidine rings is 1. The molecule has 1 heterocycles. The van der Waals surface area contributed by atoms with Gasteiger partial charge in [-0.2, -0.15) is 0 Å². The van der Waals surface area contributed by atoms with E-state index >= 15 is 0 Å². The van der Waals surface area contributed by atoms with Crippen molar-refractivity contribution in [2.24, 2.45) is 17.3 Å². The third kappa shape index (κ3) is 5.41. The van der Waals surface area contributed by atoms with Crippen molar-refractivity contribution in [1.29, 1.82) is 0 Å². The Morgan fingerprint density at radius 3 is 2.68 bits per heavy atom. The Balaban J connectivity index is 1.62. The molecule has 2 rings (SSSR count). The molecule has 2 aliphatic rings. The molecule has 3 nitrogen and oxygen atoms in total. The molecule has 3 heteroatoms.